The predicted molar refractivity (Wildman–Crippen MR) is 119 cm³/mol. The lowest BCUT2D eigenvalue weighted by atomic mass is 10.1. The second kappa shape index (κ2) is 10.1. The molecule has 1 heterocycles. The molecule has 0 aliphatic rings. The van der Waals surface area contributed by atoms with Crippen LogP contribution < -0.4 is 10.6 Å². The van der Waals surface area contributed by atoms with Crippen LogP contribution in [0.25, 0.3) is 10.9 Å². The number of nitrogens with one attached hydrogen (secondary N) is 3. The first-order valence-electron chi connectivity index (χ1n) is 10.1. The highest BCUT2D eigenvalue weighted by molar-refractivity contribution is 5.83. The lowest BCUT2D eigenvalue weighted by Crippen LogP contribution is -2.38. The molecule has 29 heavy (non-hydrogen) atoms. The Morgan fingerprint density at radius 1 is 1.07 bits per heavy atom. The molecule has 1 aromatic heterocycles. The monoisotopic (exact) mass is 395 g/mol. The minimum absolute atomic E-state index is 0.211. The molecule has 3 rings (SSSR count). The van der Waals surface area contributed by atoms with Crippen molar-refractivity contribution >= 4 is 16.9 Å². The summed E-state index contributed by atoms with van der Waals surface area (Å²) in [4.78, 5) is 10.1. The number of guanidine groups is 1. The molecule has 3 N–H and O–H groups in total. The molecule has 0 radical (unpaired) electrons. The maximum absolute atomic E-state index is 13.6. The van der Waals surface area contributed by atoms with E-state index in [1.165, 1.54) is 17.2 Å². The lowest BCUT2D eigenvalue weighted by molar-refractivity contribution is 0.401. The Hall–Kier alpha value is -2.86. The van der Waals surface area contributed by atoms with E-state index in [0.29, 0.717) is 13.1 Å². The molecule has 0 spiro atoms. The van der Waals surface area contributed by atoms with Crippen molar-refractivity contribution in [3.8, 4) is 0 Å². The number of rotatable bonds is 8. The van der Waals surface area contributed by atoms with Crippen LogP contribution in [-0.4, -0.2) is 43.0 Å². The third-order valence-electron chi connectivity index (χ3n) is 4.77. The number of hydrogen-bond donors (Lipinski definition) is 3. The molecule has 154 valence electrons. The van der Waals surface area contributed by atoms with E-state index < -0.39 is 0 Å². The quantitative estimate of drug-likeness (QED) is 0.403. The maximum Gasteiger partial charge on any atom is 0.191 e. The third-order valence-corrected chi connectivity index (χ3v) is 4.77. The molecule has 6 heteroatoms. The van der Waals surface area contributed by atoms with Crippen molar-refractivity contribution in [2.45, 2.75) is 26.4 Å². The first kappa shape index (κ1) is 20.9. The summed E-state index contributed by atoms with van der Waals surface area (Å²) in [6.07, 6.45) is 2.73. The van der Waals surface area contributed by atoms with Gasteiger partial charge >= 0.3 is 0 Å². The molecular weight excluding hydrogens is 365 g/mol. The Kier molecular flexibility index (Phi) is 7.25. The number of aromatic nitrogens is 1. The Labute approximate surface area is 172 Å². The number of aromatic amines is 1. The van der Waals surface area contributed by atoms with Crippen LogP contribution in [0, 0.1) is 5.82 Å². The number of aliphatic imine (C=N–C) groups is 1. The summed E-state index contributed by atoms with van der Waals surface area (Å²) in [6, 6.07) is 13.2. The van der Waals surface area contributed by atoms with Crippen molar-refractivity contribution in [1.82, 2.24) is 20.5 Å². The molecule has 3 aromatic rings. The topological polar surface area (TPSA) is 55.5 Å². The normalized spacial score (nSPS) is 12.0. The number of hydrogen-bond acceptors (Lipinski definition) is 2. The third kappa shape index (κ3) is 5.81. The number of nitrogens with zero attached hydrogens (tertiary/aromatic N) is 2. The van der Waals surface area contributed by atoms with Gasteiger partial charge in [0.15, 0.2) is 5.96 Å². The summed E-state index contributed by atoms with van der Waals surface area (Å²) in [5.41, 5.74) is 4.57. The van der Waals surface area contributed by atoms with E-state index >= 15 is 0 Å². The zero-order chi connectivity index (χ0) is 20.6. The van der Waals surface area contributed by atoms with Gasteiger partial charge in [-0.1, -0.05) is 24.3 Å². The maximum atomic E-state index is 13.6. The van der Waals surface area contributed by atoms with E-state index in [2.05, 4.69) is 65.8 Å². The van der Waals surface area contributed by atoms with E-state index in [4.69, 9.17) is 4.99 Å². The fourth-order valence-corrected chi connectivity index (χ4v) is 3.39. The summed E-state index contributed by atoms with van der Waals surface area (Å²) in [5.74, 6) is 0.579. The van der Waals surface area contributed by atoms with Gasteiger partial charge < -0.3 is 20.5 Å². The van der Waals surface area contributed by atoms with Gasteiger partial charge in [0.05, 0.1) is 6.54 Å². The Morgan fingerprint density at radius 3 is 2.62 bits per heavy atom. The number of fused-ring (bicyclic) bond motifs is 1. The van der Waals surface area contributed by atoms with Crippen molar-refractivity contribution in [2.75, 3.05) is 27.2 Å². The molecule has 0 aliphatic heterocycles. The van der Waals surface area contributed by atoms with Crippen LogP contribution in [0.15, 0.2) is 53.7 Å². The Morgan fingerprint density at radius 2 is 1.86 bits per heavy atom. The molecule has 2 aromatic carbocycles. The van der Waals surface area contributed by atoms with Crippen LogP contribution in [0.3, 0.4) is 0 Å². The number of benzene rings is 2. The minimum Gasteiger partial charge on any atom is -0.361 e. The van der Waals surface area contributed by atoms with Crippen molar-refractivity contribution in [2.24, 2.45) is 4.99 Å². The van der Waals surface area contributed by atoms with E-state index in [0.717, 1.165) is 41.9 Å². The molecule has 0 aliphatic carbocycles. The van der Waals surface area contributed by atoms with Gasteiger partial charge in [0.1, 0.15) is 5.82 Å². The van der Waals surface area contributed by atoms with Crippen LogP contribution in [0.2, 0.25) is 0 Å². The molecule has 0 amide bonds. The lowest BCUT2D eigenvalue weighted by Gasteiger charge is -2.14. The average molecular weight is 396 g/mol. The first-order chi connectivity index (χ1) is 14.1. The second-order valence-corrected chi connectivity index (χ2v) is 7.38. The molecule has 0 fully saturated rings. The van der Waals surface area contributed by atoms with Gasteiger partial charge in [-0.05, 0) is 62.3 Å². The summed E-state index contributed by atoms with van der Waals surface area (Å²) in [7, 11) is 4.14. The zero-order valence-electron chi connectivity index (χ0n) is 17.4. The van der Waals surface area contributed by atoms with Crippen LogP contribution in [0.5, 0.6) is 0 Å². The molecule has 0 bridgehead atoms. The zero-order valence-corrected chi connectivity index (χ0v) is 17.4. The van der Waals surface area contributed by atoms with Crippen LogP contribution in [-0.2, 0) is 19.5 Å². The van der Waals surface area contributed by atoms with Crippen LogP contribution in [0.4, 0.5) is 4.39 Å². The van der Waals surface area contributed by atoms with Crippen molar-refractivity contribution < 1.29 is 4.39 Å². The minimum atomic E-state index is -0.211. The molecule has 0 atom stereocenters. The Bertz CT molecular complexity index is 961. The second-order valence-electron chi connectivity index (χ2n) is 7.38. The molecule has 0 saturated carbocycles. The van der Waals surface area contributed by atoms with Crippen LogP contribution >= 0.6 is 0 Å². The predicted octanol–water partition coefficient (Wildman–Crippen LogP) is 3.67. The molecule has 0 saturated heterocycles. The number of halogens is 1. The summed E-state index contributed by atoms with van der Waals surface area (Å²) in [6.45, 7) is 5.09. The highest BCUT2D eigenvalue weighted by atomic mass is 19.1. The summed E-state index contributed by atoms with van der Waals surface area (Å²) >= 11 is 0. The molecule has 0 unspecified atom stereocenters. The van der Waals surface area contributed by atoms with Gasteiger partial charge in [-0.3, -0.25) is 0 Å². The largest absolute Gasteiger partial charge is 0.361 e. The smallest absolute Gasteiger partial charge is 0.191 e. The van der Waals surface area contributed by atoms with E-state index in [1.54, 1.807) is 12.1 Å². The first-order valence-corrected chi connectivity index (χ1v) is 10.1. The average Bonchev–Trinajstić information content (AvgIpc) is 3.09. The Balaban J connectivity index is 1.63. The van der Waals surface area contributed by atoms with Gasteiger partial charge in [-0.25, -0.2) is 9.38 Å². The van der Waals surface area contributed by atoms with E-state index in [1.807, 2.05) is 6.20 Å². The summed E-state index contributed by atoms with van der Waals surface area (Å²) in [5, 5.41) is 7.63. The standard InChI is InChI=1S/C23H30FN5/c1-4-25-23(28-14-17-7-5-6-8-19(17)16-29(2)3)26-12-11-18-15-27-22-10-9-20(24)13-21(18)22/h5-10,13,15,27H,4,11-12,14,16H2,1-3H3,(H2,25,26,28). The van der Waals surface area contributed by atoms with Crippen LogP contribution in [0.1, 0.15) is 23.6 Å². The molecular formula is C23H30FN5. The number of H-pyrrole nitrogens is 1. The highest BCUT2D eigenvalue weighted by Gasteiger charge is 2.06. The van der Waals surface area contributed by atoms with Gasteiger partial charge in [0, 0.05) is 36.7 Å². The van der Waals surface area contributed by atoms with Gasteiger partial charge in [0.25, 0.3) is 0 Å². The van der Waals surface area contributed by atoms with Gasteiger partial charge in [-0.2, -0.15) is 0 Å². The van der Waals surface area contributed by atoms with Gasteiger partial charge in [-0.15, -0.1) is 0 Å². The summed E-state index contributed by atoms with van der Waals surface area (Å²) < 4.78 is 13.6. The van der Waals surface area contributed by atoms with Gasteiger partial charge in [0.2, 0.25) is 0 Å². The highest BCUT2D eigenvalue weighted by Crippen LogP contribution is 2.19. The van der Waals surface area contributed by atoms with Crippen molar-refractivity contribution in [1.29, 1.82) is 0 Å². The fourth-order valence-electron chi connectivity index (χ4n) is 3.39. The van der Waals surface area contributed by atoms with Crippen molar-refractivity contribution in [3.63, 3.8) is 0 Å². The van der Waals surface area contributed by atoms with Crippen molar-refractivity contribution in [3.05, 3.63) is 71.2 Å². The van der Waals surface area contributed by atoms with E-state index in [9.17, 15) is 4.39 Å². The fraction of sp³-hybridized carbons (Fsp3) is 0.348. The van der Waals surface area contributed by atoms with E-state index in [-0.39, 0.29) is 5.82 Å². The SMILES string of the molecule is CCNC(=NCc1ccccc1CN(C)C)NCCc1c[nH]c2ccc(F)cc12. The molecule has 5 nitrogen and oxygen atoms in total.